The van der Waals surface area contributed by atoms with Crippen LogP contribution in [0.1, 0.15) is 0 Å². The molecule has 8 heavy (non-hydrogen) atoms. The van der Waals surface area contributed by atoms with Gasteiger partial charge in [0, 0.05) is 6.20 Å². The van der Waals surface area contributed by atoms with Crippen LogP contribution < -0.4 is 10.7 Å². The molecule has 2 heterocycles. The number of nitrogens with one attached hydrogen (secondary N) is 2. The third-order valence-electron chi connectivity index (χ3n) is 1.27. The first-order chi connectivity index (χ1) is 3.97. The minimum Gasteiger partial charge on any atom is -0.352 e. The summed E-state index contributed by atoms with van der Waals surface area (Å²) in [6.45, 7) is 0.843. The summed E-state index contributed by atoms with van der Waals surface area (Å²) in [5, 5.41) is 3.13. The zero-order chi connectivity index (χ0) is 5.40. The first kappa shape index (κ1) is 3.83. The van der Waals surface area contributed by atoms with Crippen LogP contribution in [-0.4, -0.2) is 11.3 Å². The highest BCUT2D eigenvalue weighted by molar-refractivity contribution is 5.41. The second-order valence-electron chi connectivity index (χ2n) is 1.78. The molecular formula is C5H7N3. The van der Waals surface area contributed by atoms with E-state index in [4.69, 9.17) is 0 Å². The summed E-state index contributed by atoms with van der Waals surface area (Å²) in [7, 11) is 0. The molecule has 2 rings (SSSR count). The Morgan fingerprint density at radius 2 is 2.62 bits per heavy atom. The Bertz CT molecular complexity index is 173. The predicted octanol–water partition coefficient (Wildman–Crippen LogP) is 0.415. The molecule has 3 heteroatoms. The fraction of sp³-hybridized carbons (Fsp3) is 0.200. The lowest BCUT2D eigenvalue weighted by Gasteiger charge is -1.91. The Morgan fingerprint density at radius 1 is 1.62 bits per heavy atom. The molecule has 0 aromatic carbocycles. The van der Waals surface area contributed by atoms with Crippen LogP contribution in [0.25, 0.3) is 0 Å². The van der Waals surface area contributed by atoms with E-state index in [1.54, 1.807) is 0 Å². The van der Waals surface area contributed by atoms with Gasteiger partial charge in [-0.15, -0.1) is 0 Å². The number of nitrogens with zero attached hydrogens (tertiary/aromatic N) is 1. The SMILES string of the molecule is c1cc2n(c1)NCN2. The maximum absolute atomic E-state index is 3.13. The van der Waals surface area contributed by atoms with Crippen LogP contribution in [0.3, 0.4) is 0 Å². The van der Waals surface area contributed by atoms with Crippen LogP contribution >= 0.6 is 0 Å². The Balaban J connectivity index is 2.54. The summed E-state index contributed by atoms with van der Waals surface area (Å²) in [5.74, 6) is 1.14. The van der Waals surface area contributed by atoms with Crippen molar-refractivity contribution in [1.82, 2.24) is 4.68 Å². The molecular weight excluding hydrogens is 102 g/mol. The summed E-state index contributed by atoms with van der Waals surface area (Å²) in [5.41, 5.74) is 3.09. The minimum atomic E-state index is 0.843. The van der Waals surface area contributed by atoms with E-state index in [1.165, 1.54) is 0 Å². The van der Waals surface area contributed by atoms with Crippen LogP contribution in [0, 0.1) is 0 Å². The van der Waals surface area contributed by atoms with Crippen LogP contribution in [0.4, 0.5) is 5.82 Å². The van der Waals surface area contributed by atoms with Crippen molar-refractivity contribution in [1.29, 1.82) is 0 Å². The first-order valence-corrected chi connectivity index (χ1v) is 2.62. The molecule has 0 saturated heterocycles. The van der Waals surface area contributed by atoms with Crippen LogP contribution in [0.2, 0.25) is 0 Å². The van der Waals surface area contributed by atoms with Gasteiger partial charge >= 0.3 is 0 Å². The number of rotatable bonds is 0. The van der Waals surface area contributed by atoms with Crippen molar-refractivity contribution in [2.24, 2.45) is 0 Å². The average molecular weight is 109 g/mol. The summed E-state index contributed by atoms with van der Waals surface area (Å²) in [4.78, 5) is 0. The number of fused-ring (bicyclic) bond motifs is 1. The number of hydrogen-bond acceptors (Lipinski definition) is 2. The molecule has 0 aliphatic carbocycles. The molecule has 0 bridgehead atoms. The van der Waals surface area contributed by atoms with Crippen molar-refractivity contribution in [2.45, 2.75) is 0 Å². The van der Waals surface area contributed by atoms with Crippen molar-refractivity contribution in [3.05, 3.63) is 18.3 Å². The van der Waals surface area contributed by atoms with E-state index < -0.39 is 0 Å². The summed E-state index contributed by atoms with van der Waals surface area (Å²) in [6.07, 6.45) is 1.98. The maximum atomic E-state index is 3.13. The van der Waals surface area contributed by atoms with Gasteiger partial charge in [0.25, 0.3) is 0 Å². The second-order valence-corrected chi connectivity index (χ2v) is 1.78. The van der Waals surface area contributed by atoms with Gasteiger partial charge in [0.05, 0.1) is 0 Å². The molecule has 1 aliphatic heterocycles. The molecule has 2 N–H and O–H groups in total. The molecule has 42 valence electrons. The van der Waals surface area contributed by atoms with Crippen molar-refractivity contribution >= 4 is 5.82 Å². The third kappa shape index (κ3) is 0.332. The van der Waals surface area contributed by atoms with E-state index in [2.05, 4.69) is 10.7 Å². The largest absolute Gasteiger partial charge is 0.352 e. The summed E-state index contributed by atoms with van der Waals surface area (Å²) < 4.78 is 1.96. The monoisotopic (exact) mass is 109 g/mol. The number of aromatic nitrogens is 1. The van der Waals surface area contributed by atoms with Crippen molar-refractivity contribution < 1.29 is 0 Å². The van der Waals surface area contributed by atoms with E-state index in [0.717, 1.165) is 12.5 Å². The Morgan fingerprint density at radius 3 is 3.50 bits per heavy atom. The Labute approximate surface area is 47.3 Å². The molecule has 0 fully saturated rings. The van der Waals surface area contributed by atoms with E-state index in [9.17, 15) is 0 Å². The standard InChI is InChI=1S/C5H7N3/c1-2-5-6-4-7-8(5)3-1/h1-3,6-7H,4H2. The third-order valence-corrected chi connectivity index (χ3v) is 1.27. The lowest BCUT2D eigenvalue weighted by molar-refractivity contribution is 0.971. The van der Waals surface area contributed by atoms with Gasteiger partial charge in [0.15, 0.2) is 0 Å². The van der Waals surface area contributed by atoms with Gasteiger partial charge in [-0.05, 0) is 12.1 Å². The van der Waals surface area contributed by atoms with Crippen LogP contribution in [-0.2, 0) is 0 Å². The molecule has 0 radical (unpaired) electrons. The average Bonchev–Trinajstić information content (AvgIpc) is 2.15. The van der Waals surface area contributed by atoms with Gasteiger partial charge in [-0.1, -0.05) is 0 Å². The highest BCUT2D eigenvalue weighted by Gasteiger charge is 2.02. The van der Waals surface area contributed by atoms with E-state index >= 15 is 0 Å². The summed E-state index contributed by atoms with van der Waals surface area (Å²) in [6, 6.07) is 4.02. The molecule has 3 nitrogen and oxygen atoms in total. The maximum Gasteiger partial charge on any atom is 0.126 e. The molecule has 0 atom stereocenters. The fourth-order valence-electron chi connectivity index (χ4n) is 0.878. The van der Waals surface area contributed by atoms with Gasteiger partial charge in [0.2, 0.25) is 0 Å². The van der Waals surface area contributed by atoms with Crippen molar-refractivity contribution in [3.8, 4) is 0 Å². The summed E-state index contributed by atoms with van der Waals surface area (Å²) >= 11 is 0. The van der Waals surface area contributed by atoms with E-state index in [0.29, 0.717) is 0 Å². The predicted molar refractivity (Wildman–Crippen MR) is 32.3 cm³/mol. The van der Waals surface area contributed by atoms with E-state index in [-0.39, 0.29) is 0 Å². The number of anilines is 1. The molecule has 1 aliphatic rings. The van der Waals surface area contributed by atoms with E-state index in [1.807, 2.05) is 23.0 Å². The van der Waals surface area contributed by atoms with Gasteiger partial charge < -0.3 is 10.7 Å². The highest BCUT2D eigenvalue weighted by Crippen LogP contribution is 2.09. The molecule has 0 spiro atoms. The highest BCUT2D eigenvalue weighted by atomic mass is 15.5. The first-order valence-electron chi connectivity index (χ1n) is 2.62. The van der Waals surface area contributed by atoms with Crippen molar-refractivity contribution in [3.63, 3.8) is 0 Å². The Hall–Kier alpha value is -1.12. The second kappa shape index (κ2) is 1.18. The van der Waals surface area contributed by atoms with Gasteiger partial charge in [-0.2, -0.15) is 0 Å². The normalized spacial score (nSPS) is 14.5. The minimum absolute atomic E-state index is 0.843. The number of hydrogen-bond donors (Lipinski definition) is 2. The Kier molecular flexibility index (Phi) is 0.566. The van der Waals surface area contributed by atoms with Crippen molar-refractivity contribution in [2.75, 3.05) is 17.4 Å². The smallest absolute Gasteiger partial charge is 0.126 e. The molecule has 0 saturated carbocycles. The fourth-order valence-corrected chi connectivity index (χ4v) is 0.878. The molecule has 1 aromatic rings. The van der Waals surface area contributed by atoms with Crippen LogP contribution in [0.15, 0.2) is 18.3 Å². The van der Waals surface area contributed by atoms with Gasteiger partial charge in [0.1, 0.15) is 12.5 Å². The quantitative estimate of drug-likeness (QED) is 0.505. The zero-order valence-corrected chi connectivity index (χ0v) is 4.39. The lowest BCUT2D eigenvalue weighted by Crippen LogP contribution is -2.06. The molecule has 1 aromatic heterocycles. The molecule has 0 unspecified atom stereocenters. The molecule has 0 amide bonds. The zero-order valence-electron chi connectivity index (χ0n) is 4.39. The topological polar surface area (TPSA) is 29.0 Å². The van der Waals surface area contributed by atoms with Crippen LogP contribution in [0.5, 0.6) is 0 Å². The van der Waals surface area contributed by atoms with Gasteiger partial charge in [-0.25, -0.2) is 0 Å². The van der Waals surface area contributed by atoms with Gasteiger partial charge in [-0.3, -0.25) is 4.68 Å². The lowest BCUT2D eigenvalue weighted by atomic mass is 10.6.